The molecule has 0 aliphatic carbocycles. The van der Waals surface area contributed by atoms with Gasteiger partial charge in [0.2, 0.25) is 0 Å². The van der Waals surface area contributed by atoms with Crippen LogP contribution in [0.1, 0.15) is 17.2 Å². The Hall–Kier alpha value is -1.43. The molecule has 114 valence electrons. The Morgan fingerprint density at radius 3 is 3.00 bits per heavy atom. The summed E-state index contributed by atoms with van der Waals surface area (Å²) in [6.45, 7) is 2.18. The second-order valence-electron chi connectivity index (χ2n) is 5.80. The van der Waals surface area contributed by atoms with E-state index in [1.54, 1.807) is 0 Å². The molecule has 2 heterocycles. The Labute approximate surface area is 124 Å². The number of nitrogens with zero attached hydrogens (tertiary/aromatic N) is 1. The van der Waals surface area contributed by atoms with Gasteiger partial charge in [-0.15, -0.1) is 0 Å². The van der Waals surface area contributed by atoms with Crippen LogP contribution >= 0.6 is 0 Å². The third kappa shape index (κ3) is 2.95. The fourth-order valence-electron chi connectivity index (χ4n) is 3.24. The van der Waals surface area contributed by atoms with Crippen LogP contribution in [0.25, 0.3) is 0 Å². The number of hydrogen-bond donors (Lipinski definition) is 1. The number of fused-ring (bicyclic) bond motifs is 1. The molecule has 5 heteroatoms. The molecule has 1 fully saturated rings. The standard InChI is InChI=1S/C16H21NO4/c1-17(14-10-20-9-13(14)16(18)19)8-15-12-5-3-2-4-11(12)6-7-21-15/h2-5,13-15H,6-10H2,1H3,(H,18,19). The molecule has 2 aliphatic rings. The Balaban J connectivity index is 1.71. The summed E-state index contributed by atoms with van der Waals surface area (Å²) in [5, 5.41) is 9.26. The molecule has 3 rings (SSSR count). The number of ether oxygens (including phenoxy) is 2. The van der Waals surface area contributed by atoms with Gasteiger partial charge in [-0.25, -0.2) is 0 Å². The number of hydrogen-bond acceptors (Lipinski definition) is 4. The van der Waals surface area contributed by atoms with E-state index in [4.69, 9.17) is 9.47 Å². The van der Waals surface area contributed by atoms with Gasteiger partial charge >= 0.3 is 5.97 Å². The number of rotatable bonds is 4. The molecule has 0 aromatic heterocycles. The van der Waals surface area contributed by atoms with E-state index in [9.17, 15) is 9.90 Å². The lowest BCUT2D eigenvalue weighted by molar-refractivity contribution is -0.143. The van der Waals surface area contributed by atoms with E-state index in [2.05, 4.69) is 23.1 Å². The minimum atomic E-state index is -0.783. The molecule has 0 spiro atoms. The van der Waals surface area contributed by atoms with Crippen LogP contribution in [0.15, 0.2) is 24.3 Å². The lowest BCUT2D eigenvalue weighted by Gasteiger charge is -2.33. The molecule has 0 amide bonds. The fraction of sp³-hybridized carbons (Fsp3) is 0.562. The molecule has 0 radical (unpaired) electrons. The highest BCUT2D eigenvalue weighted by Gasteiger charge is 2.37. The van der Waals surface area contributed by atoms with Gasteiger partial charge in [-0.3, -0.25) is 9.69 Å². The predicted octanol–water partition coefficient (Wildman–Crippen LogP) is 1.33. The summed E-state index contributed by atoms with van der Waals surface area (Å²) in [6.07, 6.45) is 0.954. The van der Waals surface area contributed by atoms with Crippen LogP contribution in [-0.2, 0) is 20.7 Å². The normalized spacial score (nSPS) is 28.6. The van der Waals surface area contributed by atoms with Crippen LogP contribution in [-0.4, -0.2) is 55.4 Å². The van der Waals surface area contributed by atoms with Crippen molar-refractivity contribution < 1.29 is 19.4 Å². The van der Waals surface area contributed by atoms with Crippen molar-refractivity contribution in [3.05, 3.63) is 35.4 Å². The van der Waals surface area contributed by atoms with Crippen molar-refractivity contribution in [1.29, 1.82) is 0 Å². The maximum atomic E-state index is 11.3. The van der Waals surface area contributed by atoms with Gasteiger partial charge in [0.1, 0.15) is 0 Å². The molecule has 1 N–H and O–H groups in total. The van der Waals surface area contributed by atoms with Gasteiger partial charge in [-0.2, -0.15) is 0 Å². The van der Waals surface area contributed by atoms with Gasteiger partial charge in [0.25, 0.3) is 0 Å². The van der Waals surface area contributed by atoms with E-state index in [1.807, 2.05) is 13.1 Å². The lowest BCUT2D eigenvalue weighted by Crippen LogP contribution is -2.43. The number of carboxylic acid groups (broad SMARTS) is 1. The number of aliphatic carboxylic acids is 1. The third-order valence-electron chi connectivity index (χ3n) is 4.48. The minimum Gasteiger partial charge on any atom is -0.481 e. The van der Waals surface area contributed by atoms with Crippen molar-refractivity contribution in [1.82, 2.24) is 4.90 Å². The Morgan fingerprint density at radius 1 is 1.38 bits per heavy atom. The first-order valence-corrected chi connectivity index (χ1v) is 7.37. The number of benzene rings is 1. The summed E-state index contributed by atoms with van der Waals surface area (Å²) in [4.78, 5) is 13.3. The Bertz CT molecular complexity index is 519. The molecule has 3 unspecified atom stereocenters. The van der Waals surface area contributed by atoms with Crippen LogP contribution in [0.5, 0.6) is 0 Å². The predicted molar refractivity (Wildman–Crippen MR) is 77.2 cm³/mol. The van der Waals surface area contributed by atoms with Gasteiger partial charge in [-0.05, 0) is 24.6 Å². The zero-order chi connectivity index (χ0) is 14.8. The van der Waals surface area contributed by atoms with Crippen LogP contribution in [0.3, 0.4) is 0 Å². The first-order valence-electron chi connectivity index (χ1n) is 7.37. The third-order valence-corrected chi connectivity index (χ3v) is 4.48. The van der Waals surface area contributed by atoms with Gasteiger partial charge in [0.15, 0.2) is 0 Å². The average molecular weight is 291 g/mol. The molecule has 0 saturated carbocycles. The Morgan fingerprint density at radius 2 is 2.19 bits per heavy atom. The van der Waals surface area contributed by atoms with Crippen LogP contribution in [0.2, 0.25) is 0 Å². The summed E-state index contributed by atoms with van der Waals surface area (Å²) in [5.74, 6) is -1.23. The second-order valence-corrected chi connectivity index (χ2v) is 5.80. The maximum Gasteiger partial charge on any atom is 0.310 e. The van der Waals surface area contributed by atoms with Crippen molar-refractivity contribution >= 4 is 5.97 Å². The molecular formula is C16H21NO4. The maximum absolute atomic E-state index is 11.3. The molecule has 3 atom stereocenters. The first-order chi connectivity index (χ1) is 10.2. The quantitative estimate of drug-likeness (QED) is 0.907. The smallest absolute Gasteiger partial charge is 0.310 e. The summed E-state index contributed by atoms with van der Waals surface area (Å²) in [5.41, 5.74) is 2.56. The molecule has 2 aliphatic heterocycles. The van der Waals surface area contributed by atoms with Gasteiger partial charge in [-0.1, -0.05) is 24.3 Å². The summed E-state index contributed by atoms with van der Waals surface area (Å²) in [7, 11) is 1.95. The summed E-state index contributed by atoms with van der Waals surface area (Å²) < 4.78 is 11.2. The van der Waals surface area contributed by atoms with E-state index in [0.717, 1.165) is 13.0 Å². The van der Waals surface area contributed by atoms with Crippen molar-refractivity contribution in [3.63, 3.8) is 0 Å². The molecular weight excluding hydrogens is 270 g/mol. The van der Waals surface area contributed by atoms with E-state index in [0.29, 0.717) is 19.8 Å². The van der Waals surface area contributed by atoms with Crippen molar-refractivity contribution in [2.75, 3.05) is 33.4 Å². The van der Waals surface area contributed by atoms with Crippen molar-refractivity contribution in [2.24, 2.45) is 5.92 Å². The second kappa shape index (κ2) is 6.13. The largest absolute Gasteiger partial charge is 0.481 e. The SMILES string of the molecule is CN(CC1OCCc2ccccc21)C1COCC1C(=O)O. The molecule has 0 bridgehead atoms. The van der Waals surface area contributed by atoms with Crippen molar-refractivity contribution in [3.8, 4) is 0 Å². The van der Waals surface area contributed by atoms with E-state index < -0.39 is 11.9 Å². The number of carbonyl (C=O) groups is 1. The van der Waals surface area contributed by atoms with Crippen LogP contribution in [0.4, 0.5) is 0 Å². The average Bonchev–Trinajstić information content (AvgIpc) is 2.97. The van der Waals surface area contributed by atoms with E-state index in [1.165, 1.54) is 11.1 Å². The van der Waals surface area contributed by atoms with Gasteiger partial charge < -0.3 is 14.6 Å². The lowest BCUT2D eigenvalue weighted by atomic mass is 9.96. The molecule has 5 nitrogen and oxygen atoms in total. The van der Waals surface area contributed by atoms with E-state index in [-0.39, 0.29) is 12.1 Å². The molecule has 1 aromatic rings. The zero-order valence-electron chi connectivity index (χ0n) is 12.2. The van der Waals surface area contributed by atoms with E-state index >= 15 is 0 Å². The topological polar surface area (TPSA) is 59.0 Å². The first kappa shape index (κ1) is 14.5. The number of likely N-dealkylation sites (N-methyl/N-ethyl adjacent to an activating group) is 1. The highest BCUT2D eigenvalue weighted by Crippen LogP contribution is 2.29. The van der Waals surface area contributed by atoms with Crippen molar-refractivity contribution in [2.45, 2.75) is 18.6 Å². The Kier molecular flexibility index (Phi) is 4.24. The molecule has 21 heavy (non-hydrogen) atoms. The zero-order valence-corrected chi connectivity index (χ0v) is 12.2. The summed E-state index contributed by atoms with van der Waals surface area (Å²) in [6, 6.07) is 8.24. The van der Waals surface area contributed by atoms with Crippen LogP contribution < -0.4 is 0 Å². The highest BCUT2D eigenvalue weighted by atomic mass is 16.5. The highest BCUT2D eigenvalue weighted by molar-refractivity contribution is 5.71. The van der Waals surface area contributed by atoms with Crippen LogP contribution in [0, 0.1) is 5.92 Å². The molecule has 1 saturated heterocycles. The van der Waals surface area contributed by atoms with Gasteiger partial charge in [0, 0.05) is 12.6 Å². The summed E-state index contributed by atoms with van der Waals surface area (Å²) >= 11 is 0. The monoisotopic (exact) mass is 291 g/mol. The molecule has 1 aromatic carbocycles. The minimum absolute atomic E-state index is 0.00925. The van der Waals surface area contributed by atoms with Gasteiger partial charge in [0.05, 0.1) is 31.8 Å². The number of carboxylic acids is 1. The fourth-order valence-corrected chi connectivity index (χ4v) is 3.24.